The fourth-order valence-electron chi connectivity index (χ4n) is 1.81. The Kier molecular flexibility index (Phi) is 3.87. The molecule has 0 amide bonds. The number of rotatable bonds is 3. The van der Waals surface area contributed by atoms with Gasteiger partial charge in [-0.15, -0.1) is 0 Å². The van der Waals surface area contributed by atoms with Crippen LogP contribution in [0, 0.1) is 5.92 Å². The predicted octanol–water partition coefficient (Wildman–Crippen LogP) is 2.06. The average Bonchev–Trinajstić information content (AvgIpc) is 2.06. The van der Waals surface area contributed by atoms with Gasteiger partial charge in [-0.1, -0.05) is 19.3 Å². The van der Waals surface area contributed by atoms with E-state index in [1.807, 2.05) is 12.1 Å². The maximum absolute atomic E-state index is 5.09. The highest BCUT2D eigenvalue weighted by Gasteiger charge is 2.14. The Bertz CT molecular complexity index is 99.7. The van der Waals surface area contributed by atoms with Gasteiger partial charge in [0.25, 0.3) is 0 Å². The van der Waals surface area contributed by atoms with Crippen molar-refractivity contribution < 1.29 is 4.84 Å². The van der Waals surface area contributed by atoms with Gasteiger partial charge in [-0.3, -0.25) is 0 Å². The van der Waals surface area contributed by atoms with Crippen LogP contribution >= 0.6 is 0 Å². The molecule has 0 bridgehead atoms. The molecule has 0 unspecified atom stereocenters. The second-order valence-corrected chi connectivity index (χ2v) is 3.50. The number of hydrogen-bond donors (Lipinski definition) is 0. The molecule has 1 saturated carbocycles. The Morgan fingerprint density at radius 1 is 1.27 bits per heavy atom. The summed E-state index contributed by atoms with van der Waals surface area (Å²) in [7, 11) is 3.75. The van der Waals surface area contributed by atoms with Crippen LogP contribution in [0.2, 0.25) is 0 Å². The fourth-order valence-corrected chi connectivity index (χ4v) is 1.81. The van der Waals surface area contributed by atoms with E-state index in [1.54, 1.807) is 7.11 Å². The number of hydroxylamine groups is 2. The van der Waals surface area contributed by atoms with E-state index in [4.69, 9.17) is 4.84 Å². The molecule has 0 aliphatic heterocycles. The van der Waals surface area contributed by atoms with Gasteiger partial charge < -0.3 is 4.84 Å². The minimum Gasteiger partial charge on any atom is -0.303 e. The predicted molar refractivity (Wildman–Crippen MR) is 46.2 cm³/mol. The molecule has 1 aliphatic rings. The van der Waals surface area contributed by atoms with E-state index in [9.17, 15) is 0 Å². The van der Waals surface area contributed by atoms with E-state index in [0.29, 0.717) is 0 Å². The molecule has 0 aromatic heterocycles. The van der Waals surface area contributed by atoms with Crippen molar-refractivity contribution in [3.05, 3.63) is 0 Å². The molecule has 0 N–H and O–H groups in total. The molecule has 0 aromatic carbocycles. The summed E-state index contributed by atoms with van der Waals surface area (Å²) in [6, 6.07) is 0. The molecule has 1 aliphatic carbocycles. The van der Waals surface area contributed by atoms with Crippen LogP contribution in [0.25, 0.3) is 0 Å². The highest BCUT2D eigenvalue weighted by atomic mass is 16.7. The average molecular weight is 157 g/mol. The van der Waals surface area contributed by atoms with Gasteiger partial charge in [-0.05, 0) is 18.8 Å². The molecule has 0 atom stereocenters. The first-order valence-corrected chi connectivity index (χ1v) is 4.58. The van der Waals surface area contributed by atoms with Crippen molar-refractivity contribution in [3.8, 4) is 0 Å². The molecule has 11 heavy (non-hydrogen) atoms. The summed E-state index contributed by atoms with van der Waals surface area (Å²) >= 11 is 0. The van der Waals surface area contributed by atoms with Crippen LogP contribution in [0.5, 0.6) is 0 Å². The van der Waals surface area contributed by atoms with Crippen molar-refractivity contribution in [2.24, 2.45) is 5.92 Å². The minimum absolute atomic E-state index is 0.883. The highest BCUT2D eigenvalue weighted by Crippen LogP contribution is 2.23. The number of nitrogens with zero attached hydrogens (tertiary/aromatic N) is 1. The molecule has 1 fully saturated rings. The van der Waals surface area contributed by atoms with Gasteiger partial charge in [0.2, 0.25) is 0 Å². The van der Waals surface area contributed by atoms with Gasteiger partial charge in [0.1, 0.15) is 0 Å². The van der Waals surface area contributed by atoms with Crippen molar-refractivity contribution in [2.75, 3.05) is 20.7 Å². The molecular formula is C9H19NO. The molecule has 0 spiro atoms. The van der Waals surface area contributed by atoms with Gasteiger partial charge in [0.15, 0.2) is 0 Å². The maximum Gasteiger partial charge on any atom is 0.0575 e. The molecule has 0 heterocycles. The molecular weight excluding hydrogens is 138 g/mol. The Morgan fingerprint density at radius 2 is 1.91 bits per heavy atom. The third-order valence-corrected chi connectivity index (χ3v) is 2.55. The first kappa shape index (κ1) is 9.01. The zero-order valence-electron chi connectivity index (χ0n) is 7.68. The van der Waals surface area contributed by atoms with Crippen LogP contribution in [0.3, 0.4) is 0 Å². The van der Waals surface area contributed by atoms with Crippen molar-refractivity contribution in [1.82, 2.24) is 5.06 Å². The SMILES string of the molecule is CON(C)CC1CCCCC1. The second-order valence-electron chi connectivity index (χ2n) is 3.50. The van der Waals surface area contributed by atoms with Crippen molar-refractivity contribution in [2.45, 2.75) is 32.1 Å². The third kappa shape index (κ3) is 3.21. The fraction of sp³-hybridized carbons (Fsp3) is 1.00. The molecule has 0 aromatic rings. The standard InChI is InChI=1S/C9H19NO/c1-10(11-2)8-9-6-4-3-5-7-9/h9H,3-8H2,1-2H3. The van der Waals surface area contributed by atoms with Gasteiger partial charge in [0.05, 0.1) is 7.11 Å². The summed E-state index contributed by atoms with van der Waals surface area (Å²) in [6.07, 6.45) is 7.07. The second kappa shape index (κ2) is 4.73. The molecule has 1 rings (SSSR count). The van der Waals surface area contributed by atoms with Crippen molar-refractivity contribution in [1.29, 1.82) is 0 Å². The van der Waals surface area contributed by atoms with Crippen LogP contribution in [-0.4, -0.2) is 25.8 Å². The topological polar surface area (TPSA) is 12.5 Å². The quantitative estimate of drug-likeness (QED) is 0.581. The van der Waals surface area contributed by atoms with E-state index in [-0.39, 0.29) is 0 Å². The normalized spacial score (nSPS) is 21.0. The van der Waals surface area contributed by atoms with Gasteiger partial charge in [-0.25, -0.2) is 0 Å². The minimum atomic E-state index is 0.883. The molecule has 2 heteroatoms. The van der Waals surface area contributed by atoms with E-state index in [0.717, 1.165) is 12.5 Å². The summed E-state index contributed by atoms with van der Waals surface area (Å²) < 4.78 is 0. The number of hydrogen-bond acceptors (Lipinski definition) is 2. The Hall–Kier alpha value is -0.0800. The summed E-state index contributed by atoms with van der Waals surface area (Å²) in [4.78, 5) is 5.09. The Morgan fingerprint density at radius 3 is 2.45 bits per heavy atom. The van der Waals surface area contributed by atoms with E-state index >= 15 is 0 Å². The summed E-state index contributed by atoms with van der Waals surface area (Å²) in [6.45, 7) is 1.11. The highest BCUT2D eigenvalue weighted by molar-refractivity contribution is 4.66. The van der Waals surface area contributed by atoms with E-state index in [2.05, 4.69) is 0 Å². The third-order valence-electron chi connectivity index (χ3n) is 2.55. The first-order chi connectivity index (χ1) is 5.33. The molecule has 0 radical (unpaired) electrons. The zero-order chi connectivity index (χ0) is 8.10. The molecule has 66 valence electrons. The lowest BCUT2D eigenvalue weighted by atomic mass is 9.89. The van der Waals surface area contributed by atoms with Crippen LogP contribution < -0.4 is 0 Å². The van der Waals surface area contributed by atoms with Gasteiger partial charge in [-0.2, -0.15) is 5.06 Å². The monoisotopic (exact) mass is 157 g/mol. The van der Waals surface area contributed by atoms with Crippen LogP contribution in [-0.2, 0) is 4.84 Å². The van der Waals surface area contributed by atoms with Crippen molar-refractivity contribution in [3.63, 3.8) is 0 Å². The molecule has 0 saturated heterocycles. The lowest BCUT2D eigenvalue weighted by molar-refractivity contribution is -0.120. The molecule has 2 nitrogen and oxygen atoms in total. The lowest BCUT2D eigenvalue weighted by Gasteiger charge is -2.25. The first-order valence-electron chi connectivity index (χ1n) is 4.58. The summed E-state index contributed by atoms with van der Waals surface area (Å²) in [5.74, 6) is 0.883. The van der Waals surface area contributed by atoms with E-state index < -0.39 is 0 Å². The Labute approximate surface area is 69.5 Å². The largest absolute Gasteiger partial charge is 0.303 e. The van der Waals surface area contributed by atoms with E-state index in [1.165, 1.54) is 32.1 Å². The van der Waals surface area contributed by atoms with Gasteiger partial charge >= 0.3 is 0 Å². The van der Waals surface area contributed by atoms with Crippen LogP contribution in [0.1, 0.15) is 32.1 Å². The van der Waals surface area contributed by atoms with Crippen LogP contribution in [0.15, 0.2) is 0 Å². The van der Waals surface area contributed by atoms with Crippen LogP contribution in [0.4, 0.5) is 0 Å². The lowest BCUT2D eigenvalue weighted by Crippen LogP contribution is -2.25. The van der Waals surface area contributed by atoms with Gasteiger partial charge in [0, 0.05) is 13.6 Å². The smallest absolute Gasteiger partial charge is 0.0575 e. The summed E-state index contributed by atoms with van der Waals surface area (Å²) in [5.41, 5.74) is 0. The van der Waals surface area contributed by atoms with Crippen molar-refractivity contribution >= 4 is 0 Å². The zero-order valence-corrected chi connectivity index (χ0v) is 7.68. The Balaban J connectivity index is 2.13. The summed E-state index contributed by atoms with van der Waals surface area (Å²) in [5, 5.41) is 1.94. The maximum atomic E-state index is 5.09.